The average Bonchev–Trinajstić information content (AvgIpc) is 2.07. The van der Waals surface area contributed by atoms with Crippen LogP contribution in [0.5, 0.6) is 0 Å². The number of nitrogens with zero attached hydrogens (tertiary/aromatic N) is 1. The Morgan fingerprint density at radius 3 is 2.53 bits per heavy atom. The number of amides is 1. The van der Waals surface area contributed by atoms with Crippen LogP contribution in [-0.4, -0.2) is 49.7 Å². The Morgan fingerprint density at radius 1 is 1.53 bits per heavy atom. The summed E-state index contributed by atoms with van der Waals surface area (Å²) in [5, 5.41) is 3.12. The predicted octanol–water partition coefficient (Wildman–Crippen LogP) is 0.654. The molecule has 0 unspecified atom stereocenters. The van der Waals surface area contributed by atoms with Crippen molar-refractivity contribution in [3.63, 3.8) is 0 Å². The number of nitrogens with one attached hydrogen (secondary N) is 1. The quantitative estimate of drug-likeness (QED) is 0.763. The van der Waals surface area contributed by atoms with Gasteiger partial charge in [0.15, 0.2) is 0 Å². The van der Waals surface area contributed by atoms with Crippen molar-refractivity contribution >= 4 is 18.3 Å². The van der Waals surface area contributed by atoms with Gasteiger partial charge in [-0.25, -0.2) is 0 Å². The van der Waals surface area contributed by atoms with E-state index in [0.717, 1.165) is 13.1 Å². The molecule has 0 bridgehead atoms. The minimum atomic E-state index is 0. The van der Waals surface area contributed by atoms with E-state index in [1.54, 1.807) is 4.90 Å². The molecule has 1 amide bonds. The van der Waals surface area contributed by atoms with Crippen LogP contribution in [0.15, 0.2) is 0 Å². The standard InChI is InChI=1S/C10H20N2O2.ClH/c1-8(2)12(3)10(13)4-5-14-9-6-11-7-9;/h8-9,11H,4-7H2,1-3H3;1H. The highest BCUT2D eigenvalue weighted by molar-refractivity contribution is 5.85. The number of carbonyl (C=O) groups is 1. The van der Waals surface area contributed by atoms with Crippen molar-refractivity contribution in [3.05, 3.63) is 0 Å². The van der Waals surface area contributed by atoms with Crippen LogP contribution in [-0.2, 0) is 9.53 Å². The maximum atomic E-state index is 11.5. The van der Waals surface area contributed by atoms with Gasteiger partial charge in [-0.1, -0.05) is 0 Å². The molecular formula is C10H21ClN2O2. The minimum Gasteiger partial charge on any atom is -0.375 e. The van der Waals surface area contributed by atoms with Gasteiger partial charge in [-0.05, 0) is 13.8 Å². The fourth-order valence-electron chi connectivity index (χ4n) is 1.16. The second kappa shape index (κ2) is 7.04. The molecule has 1 heterocycles. The molecule has 1 aliphatic heterocycles. The molecule has 0 atom stereocenters. The molecule has 0 aromatic heterocycles. The Hall–Kier alpha value is -0.320. The summed E-state index contributed by atoms with van der Waals surface area (Å²) in [7, 11) is 1.83. The molecule has 90 valence electrons. The molecule has 0 saturated carbocycles. The van der Waals surface area contributed by atoms with Gasteiger partial charge < -0.3 is 15.0 Å². The van der Waals surface area contributed by atoms with E-state index >= 15 is 0 Å². The van der Waals surface area contributed by atoms with E-state index in [1.807, 2.05) is 20.9 Å². The Labute approximate surface area is 97.8 Å². The molecule has 0 spiro atoms. The first kappa shape index (κ1) is 14.7. The third-order valence-electron chi connectivity index (χ3n) is 2.58. The van der Waals surface area contributed by atoms with Gasteiger partial charge in [0.05, 0.1) is 19.1 Å². The van der Waals surface area contributed by atoms with Crippen molar-refractivity contribution in [1.29, 1.82) is 0 Å². The Bertz CT molecular complexity index is 196. The molecule has 1 aliphatic rings. The van der Waals surface area contributed by atoms with Gasteiger partial charge in [-0.3, -0.25) is 4.79 Å². The van der Waals surface area contributed by atoms with Gasteiger partial charge in [0.25, 0.3) is 0 Å². The molecule has 5 heteroatoms. The van der Waals surface area contributed by atoms with Crippen LogP contribution in [0.4, 0.5) is 0 Å². The lowest BCUT2D eigenvalue weighted by Gasteiger charge is -2.27. The summed E-state index contributed by atoms with van der Waals surface area (Å²) in [4.78, 5) is 13.3. The molecular weight excluding hydrogens is 216 g/mol. The Kier molecular flexibility index (Phi) is 6.89. The van der Waals surface area contributed by atoms with Gasteiger partial charge in [0, 0.05) is 26.2 Å². The summed E-state index contributed by atoms with van der Waals surface area (Å²) in [6.07, 6.45) is 0.817. The average molecular weight is 237 g/mol. The van der Waals surface area contributed by atoms with Crippen LogP contribution in [0.3, 0.4) is 0 Å². The SMILES string of the molecule is CC(C)N(C)C(=O)CCOC1CNC1.Cl. The lowest BCUT2D eigenvalue weighted by atomic mass is 10.2. The summed E-state index contributed by atoms with van der Waals surface area (Å²) in [5.41, 5.74) is 0. The summed E-state index contributed by atoms with van der Waals surface area (Å²) >= 11 is 0. The number of halogens is 1. The number of rotatable bonds is 5. The van der Waals surface area contributed by atoms with E-state index in [4.69, 9.17) is 4.74 Å². The van der Waals surface area contributed by atoms with E-state index in [2.05, 4.69) is 5.32 Å². The van der Waals surface area contributed by atoms with Crippen LogP contribution < -0.4 is 5.32 Å². The molecule has 1 rings (SSSR count). The minimum absolute atomic E-state index is 0. The molecule has 1 saturated heterocycles. The van der Waals surface area contributed by atoms with E-state index in [-0.39, 0.29) is 24.4 Å². The smallest absolute Gasteiger partial charge is 0.224 e. The molecule has 4 nitrogen and oxygen atoms in total. The lowest BCUT2D eigenvalue weighted by molar-refractivity contribution is -0.133. The molecule has 0 aromatic carbocycles. The van der Waals surface area contributed by atoms with Crippen LogP contribution in [0, 0.1) is 0 Å². The largest absolute Gasteiger partial charge is 0.375 e. The van der Waals surface area contributed by atoms with Crippen LogP contribution in [0.25, 0.3) is 0 Å². The van der Waals surface area contributed by atoms with Crippen molar-refractivity contribution in [2.24, 2.45) is 0 Å². The number of hydrogen-bond donors (Lipinski definition) is 1. The van der Waals surface area contributed by atoms with Crippen molar-refractivity contribution in [3.8, 4) is 0 Å². The first-order valence-corrected chi connectivity index (χ1v) is 5.19. The van der Waals surface area contributed by atoms with Crippen LogP contribution in [0.1, 0.15) is 20.3 Å². The van der Waals surface area contributed by atoms with Gasteiger partial charge in [-0.15, -0.1) is 12.4 Å². The summed E-state index contributed by atoms with van der Waals surface area (Å²) in [6, 6.07) is 0.271. The van der Waals surface area contributed by atoms with Gasteiger partial charge >= 0.3 is 0 Å². The number of hydrogen-bond acceptors (Lipinski definition) is 3. The molecule has 1 N–H and O–H groups in total. The molecule has 0 aromatic rings. The fraction of sp³-hybridized carbons (Fsp3) is 0.900. The lowest BCUT2D eigenvalue weighted by Crippen LogP contribution is -2.48. The molecule has 15 heavy (non-hydrogen) atoms. The first-order chi connectivity index (χ1) is 6.61. The summed E-state index contributed by atoms with van der Waals surface area (Å²) in [5.74, 6) is 0.160. The van der Waals surface area contributed by atoms with Crippen molar-refractivity contribution in [2.45, 2.75) is 32.4 Å². The fourth-order valence-corrected chi connectivity index (χ4v) is 1.16. The molecule has 0 aliphatic carbocycles. The highest BCUT2D eigenvalue weighted by atomic mass is 35.5. The van der Waals surface area contributed by atoms with E-state index in [9.17, 15) is 4.79 Å². The van der Waals surface area contributed by atoms with Crippen LogP contribution in [0.2, 0.25) is 0 Å². The second-order valence-corrected chi connectivity index (χ2v) is 4.00. The highest BCUT2D eigenvalue weighted by Crippen LogP contribution is 2.02. The zero-order valence-electron chi connectivity index (χ0n) is 9.66. The van der Waals surface area contributed by atoms with Gasteiger partial charge in [0.1, 0.15) is 0 Å². The third kappa shape index (κ3) is 4.82. The van der Waals surface area contributed by atoms with Crippen molar-refractivity contribution in [2.75, 3.05) is 26.7 Å². The monoisotopic (exact) mass is 236 g/mol. The zero-order valence-corrected chi connectivity index (χ0v) is 10.5. The first-order valence-electron chi connectivity index (χ1n) is 5.19. The van der Waals surface area contributed by atoms with Gasteiger partial charge in [0.2, 0.25) is 5.91 Å². The van der Waals surface area contributed by atoms with Crippen LogP contribution >= 0.6 is 12.4 Å². The Morgan fingerprint density at radius 2 is 2.13 bits per heavy atom. The topological polar surface area (TPSA) is 41.6 Å². The van der Waals surface area contributed by atoms with E-state index in [1.165, 1.54) is 0 Å². The van der Waals surface area contributed by atoms with Crippen molar-refractivity contribution in [1.82, 2.24) is 10.2 Å². The molecule has 0 radical (unpaired) electrons. The third-order valence-corrected chi connectivity index (χ3v) is 2.58. The maximum absolute atomic E-state index is 11.5. The number of carbonyl (C=O) groups excluding carboxylic acids is 1. The summed E-state index contributed by atoms with van der Waals surface area (Å²) in [6.45, 7) is 6.41. The molecule has 1 fully saturated rings. The zero-order chi connectivity index (χ0) is 10.6. The van der Waals surface area contributed by atoms with Crippen molar-refractivity contribution < 1.29 is 9.53 Å². The summed E-state index contributed by atoms with van der Waals surface area (Å²) < 4.78 is 5.47. The van der Waals surface area contributed by atoms with Gasteiger partial charge in [-0.2, -0.15) is 0 Å². The highest BCUT2D eigenvalue weighted by Gasteiger charge is 2.18. The Balaban J connectivity index is 0.00000196. The second-order valence-electron chi connectivity index (χ2n) is 4.00. The van der Waals surface area contributed by atoms with E-state index in [0.29, 0.717) is 19.1 Å². The van der Waals surface area contributed by atoms with E-state index < -0.39 is 0 Å². The maximum Gasteiger partial charge on any atom is 0.224 e. The normalized spacial score (nSPS) is 15.7. The number of ether oxygens (including phenoxy) is 1. The predicted molar refractivity (Wildman–Crippen MR) is 62.4 cm³/mol.